The van der Waals surface area contributed by atoms with E-state index >= 15 is 0 Å². The van der Waals surface area contributed by atoms with Gasteiger partial charge in [-0.2, -0.15) is 0 Å². The highest BCUT2D eigenvalue weighted by Crippen LogP contribution is 2.25. The first-order valence-corrected chi connectivity index (χ1v) is 8.43. The zero-order valence-corrected chi connectivity index (χ0v) is 14.8. The van der Waals surface area contributed by atoms with E-state index in [2.05, 4.69) is 20.6 Å². The molecule has 2 aromatic heterocycles. The fourth-order valence-corrected chi connectivity index (χ4v) is 2.75. The monoisotopic (exact) mass is 379 g/mol. The molecule has 28 heavy (non-hydrogen) atoms. The van der Waals surface area contributed by atoms with E-state index in [0.717, 1.165) is 23.3 Å². The first-order chi connectivity index (χ1) is 13.5. The molecule has 6 nitrogen and oxygen atoms in total. The zero-order chi connectivity index (χ0) is 19.7. The first-order valence-electron chi connectivity index (χ1n) is 8.43. The average Bonchev–Trinajstić information content (AvgIpc) is 3.10. The van der Waals surface area contributed by atoms with E-state index in [9.17, 15) is 13.6 Å². The van der Waals surface area contributed by atoms with E-state index in [-0.39, 0.29) is 5.69 Å². The van der Waals surface area contributed by atoms with E-state index in [0.29, 0.717) is 23.2 Å². The minimum absolute atomic E-state index is 0.112. The lowest BCUT2D eigenvalue weighted by atomic mass is 10.1. The second kappa shape index (κ2) is 7.07. The Morgan fingerprint density at radius 3 is 2.68 bits per heavy atom. The number of amides is 2. The number of hydrogen-bond donors (Lipinski definition) is 2. The Morgan fingerprint density at radius 2 is 1.89 bits per heavy atom. The number of carbonyl (C=O) groups is 1. The molecule has 0 unspecified atom stereocenters. The molecule has 0 radical (unpaired) electrons. The lowest BCUT2D eigenvalue weighted by Gasteiger charge is -2.11. The van der Waals surface area contributed by atoms with Gasteiger partial charge >= 0.3 is 6.03 Å². The van der Waals surface area contributed by atoms with Crippen LogP contribution in [0.1, 0.15) is 5.56 Å². The highest BCUT2D eigenvalue weighted by Gasteiger charge is 2.11. The van der Waals surface area contributed by atoms with E-state index in [1.165, 1.54) is 0 Å². The quantitative estimate of drug-likeness (QED) is 0.545. The van der Waals surface area contributed by atoms with Crippen LogP contribution in [0.3, 0.4) is 0 Å². The number of anilines is 2. The highest BCUT2D eigenvalue weighted by atomic mass is 19.1. The normalized spacial score (nSPS) is 10.8. The smallest absolute Gasteiger partial charge is 0.307 e. The summed E-state index contributed by atoms with van der Waals surface area (Å²) in [5, 5.41) is 5.06. The van der Waals surface area contributed by atoms with Gasteiger partial charge in [0, 0.05) is 35.9 Å². The van der Waals surface area contributed by atoms with Crippen LogP contribution in [-0.2, 0) is 0 Å². The van der Waals surface area contributed by atoms with Crippen LogP contribution in [0.2, 0.25) is 0 Å². The van der Waals surface area contributed by atoms with Crippen molar-refractivity contribution in [3.63, 3.8) is 0 Å². The molecule has 0 fully saturated rings. The topological polar surface area (TPSA) is 71.3 Å². The van der Waals surface area contributed by atoms with Crippen LogP contribution in [0, 0.1) is 18.6 Å². The van der Waals surface area contributed by atoms with Crippen molar-refractivity contribution in [3.8, 4) is 11.3 Å². The Morgan fingerprint density at radius 1 is 1.07 bits per heavy atom. The summed E-state index contributed by atoms with van der Waals surface area (Å²) in [5.41, 5.74) is 2.74. The third-order valence-electron chi connectivity index (χ3n) is 4.20. The van der Waals surface area contributed by atoms with Crippen LogP contribution in [-0.4, -0.2) is 20.4 Å². The first kappa shape index (κ1) is 17.6. The standard InChI is InChI=1S/C20H15F2N5O/c1-12-3-4-13(18-11-27-8-2-7-23-19(27)24-18)9-17(12)26-20(28)25-16-6-5-14(21)10-15(16)22/h2-11H,1H3,(H2,25,26,28). The maximum atomic E-state index is 13.7. The predicted molar refractivity (Wildman–Crippen MR) is 102 cm³/mol. The summed E-state index contributed by atoms with van der Waals surface area (Å²) in [6, 6.07) is 9.62. The summed E-state index contributed by atoms with van der Waals surface area (Å²) in [7, 11) is 0. The van der Waals surface area contributed by atoms with Gasteiger partial charge in [-0.3, -0.25) is 4.40 Å². The molecule has 0 aliphatic rings. The SMILES string of the molecule is Cc1ccc(-c2cn3cccnc3n2)cc1NC(=O)Nc1ccc(F)cc1F. The summed E-state index contributed by atoms with van der Waals surface area (Å²) in [4.78, 5) is 20.9. The third kappa shape index (κ3) is 3.52. The molecule has 8 heteroatoms. The summed E-state index contributed by atoms with van der Waals surface area (Å²) >= 11 is 0. The number of fused-ring (bicyclic) bond motifs is 1. The van der Waals surface area contributed by atoms with Gasteiger partial charge in [-0.25, -0.2) is 23.5 Å². The molecule has 0 atom stereocenters. The maximum Gasteiger partial charge on any atom is 0.323 e. The van der Waals surface area contributed by atoms with Crippen LogP contribution >= 0.6 is 0 Å². The van der Waals surface area contributed by atoms with E-state index in [1.54, 1.807) is 22.7 Å². The fourth-order valence-electron chi connectivity index (χ4n) is 2.75. The molecule has 2 amide bonds. The van der Waals surface area contributed by atoms with Gasteiger partial charge in [0.05, 0.1) is 11.4 Å². The van der Waals surface area contributed by atoms with Crippen LogP contribution in [0.25, 0.3) is 17.0 Å². The number of urea groups is 1. The minimum atomic E-state index is -0.849. The van der Waals surface area contributed by atoms with Crippen molar-refractivity contribution < 1.29 is 13.6 Å². The third-order valence-corrected chi connectivity index (χ3v) is 4.20. The summed E-state index contributed by atoms with van der Waals surface area (Å²) in [6.45, 7) is 1.84. The Hall–Kier alpha value is -3.81. The molecule has 0 aliphatic heterocycles. The van der Waals surface area contributed by atoms with Crippen LogP contribution < -0.4 is 10.6 Å². The summed E-state index contributed by atoms with van der Waals surface area (Å²) < 4.78 is 28.5. The molecule has 2 heterocycles. The number of hydrogen-bond acceptors (Lipinski definition) is 3. The Labute approximate surface area is 158 Å². The van der Waals surface area contributed by atoms with Crippen LogP contribution in [0.15, 0.2) is 61.1 Å². The summed E-state index contributed by atoms with van der Waals surface area (Å²) in [6.07, 6.45) is 5.34. The van der Waals surface area contributed by atoms with E-state index < -0.39 is 17.7 Å². The lowest BCUT2D eigenvalue weighted by Crippen LogP contribution is -2.20. The number of benzene rings is 2. The van der Waals surface area contributed by atoms with Crippen molar-refractivity contribution >= 4 is 23.2 Å². The zero-order valence-electron chi connectivity index (χ0n) is 14.8. The predicted octanol–water partition coefficient (Wildman–Crippen LogP) is 4.63. The van der Waals surface area contributed by atoms with Gasteiger partial charge in [-0.1, -0.05) is 12.1 Å². The number of rotatable bonds is 3. The minimum Gasteiger partial charge on any atom is -0.307 e. The largest absolute Gasteiger partial charge is 0.323 e. The maximum absolute atomic E-state index is 13.7. The molecule has 0 saturated heterocycles. The molecule has 4 aromatic rings. The molecule has 4 rings (SSSR count). The van der Waals surface area contributed by atoms with E-state index in [1.807, 2.05) is 31.5 Å². The van der Waals surface area contributed by atoms with Crippen LogP contribution in [0.4, 0.5) is 25.0 Å². The molecular weight excluding hydrogens is 364 g/mol. The Kier molecular flexibility index (Phi) is 4.44. The van der Waals surface area contributed by atoms with Crippen molar-refractivity contribution in [2.24, 2.45) is 0 Å². The highest BCUT2D eigenvalue weighted by molar-refractivity contribution is 6.00. The Bertz CT molecular complexity index is 1160. The van der Waals surface area contributed by atoms with Gasteiger partial charge in [0.25, 0.3) is 0 Å². The van der Waals surface area contributed by atoms with Crippen molar-refractivity contribution in [2.75, 3.05) is 10.6 Å². The van der Waals surface area contributed by atoms with Gasteiger partial charge in [-0.05, 0) is 36.8 Å². The number of nitrogens with zero attached hydrogens (tertiary/aromatic N) is 3. The number of imidazole rings is 1. The number of aromatic nitrogens is 3. The second-order valence-electron chi connectivity index (χ2n) is 6.19. The lowest BCUT2D eigenvalue weighted by molar-refractivity contribution is 0.262. The van der Waals surface area contributed by atoms with Crippen molar-refractivity contribution in [1.29, 1.82) is 0 Å². The second-order valence-corrected chi connectivity index (χ2v) is 6.19. The molecule has 2 N–H and O–H groups in total. The molecule has 140 valence electrons. The number of carbonyl (C=O) groups excluding carboxylic acids is 1. The van der Waals surface area contributed by atoms with Gasteiger partial charge < -0.3 is 10.6 Å². The fraction of sp³-hybridized carbons (Fsp3) is 0.0500. The van der Waals surface area contributed by atoms with Crippen molar-refractivity contribution in [2.45, 2.75) is 6.92 Å². The molecule has 0 aliphatic carbocycles. The van der Waals surface area contributed by atoms with Gasteiger partial charge in [0.1, 0.15) is 11.6 Å². The van der Waals surface area contributed by atoms with Crippen molar-refractivity contribution in [1.82, 2.24) is 14.4 Å². The number of nitrogens with one attached hydrogen (secondary N) is 2. The van der Waals surface area contributed by atoms with Gasteiger partial charge in [-0.15, -0.1) is 0 Å². The number of aryl methyl sites for hydroxylation is 1. The van der Waals surface area contributed by atoms with Crippen LogP contribution in [0.5, 0.6) is 0 Å². The molecule has 0 spiro atoms. The Balaban J connectivity index is 1.57. The molecule has 0 saturated carbocycles. The molecule has 0 bridgehead atoms. The molecular formula is C20H15F2N5O. The van der Waals surface area contributed by atoms with Crippen molar-refractivity contribution in [3.05, 3.63) is 78.3 Å². The number of halogens is 2. The van der Waals surface area contributed by atoms with E-state index in [4.69, 9.17) is 0 Å². The average molecular weight is 379 g/mol. The van der Waals surface area contributed by atoms with Gasteiger partial charge in [0.2, 0.25) is 5.78 Å². The molecule has 2 aromatic carbocycles. The van der Waals surface area contributed by atoms with Gasteiger partial charge in [0.15, 0.2) is 0 Å². The summed E-state index contributed by atoms with van der Waals surface area (Å²) in [5.74, 6) is -0.996.